The first-order valence-corrected chi connectivity index (χ1v) is 13.0. The number of nitrogens with one attached hydrogen (secondary N) is 1. The normalized spacial score (nSPS) is 32.1. The zero-order chi connectivity index (χ0) is 22.4. The molecular formula is C28H30N2O2S. The van der Waals surface area contributed by atoms with Crippen LogP contribution < -0.4 is 5.32 Å². The quantitative estimate of drug-likeness (QED) is 0.535. The first-order valence-electron chi connectivity index (χ1n) is 12.1. The summed E-state index contributed by atoms with van der Waals surface area (Å²) < 4.78 is 0. The number of benzene rings is 2. The van der Waals surface area contributed by atoms with Crippen LogP contribution in [0, 0.1) is 23.7 Å². The maximum Gasteiger partial charge on any atom is 0.221 e. The molecule has 2 N–H and O–H groups in total. The zero-order valence-electron chi connectivity index (χ0n) is 18.7. The monoisotopic (exact) mass is 458 g/mol. The fourth-order valence-electron chi connectivity index (χ4n) is 7.19. The minimum absolute atomic E-state index is 0.112. The predicted molar refractivity (Wildman–Crippen MR) is 131 cm³/mol. The van der Waals surface area contributed by atoms with Crippen molar-refractivity contribution in [3.05, 3.63) is 77.3 Å². The second kappa shape index (κ2) is 8.37. The highest BCUT2D eigenvalue weighted by molar-refractivity contribution is 7.13. The molecule has 4 saturated carbocycles. The van der Waals surface area contributed by atoms with E-state index in [9.17, 15) is 9.90 Å². The Labute approximate surface area is 199 Å². The van der Waals surface area contributed by atoms with Crippen LogP contribution in [-0.2, 0) is 16.8 Å². The van der Waals surface area contributed by atoms with E-state index in [1.807, 2.05) is 23.6 Å². The summed E-state index contributed by atoms with van der Waals surface area (Å²) >= 11 is 1.62. The molecule has 0 spiro atoms. The van der Waals surface area contributed by atoms with Crippen LogP contribution >= 0.6 is 11.3 Å². The number of hydrogen-bond donors (Lipinski definition) is 2. The predicted octanol–water partition coefficient (Wildman–Crippen LogP) is 5.18. The molecule has 1 heterocycles. The highest BCUT2D eigenvalue weighted by atomic mass is 32.1. The van der Waals surface area contributed by atoms with Crippen LogP contribution in [0.15, 0.2) is 66.0 Å². The minimum Gasteiger partial charge on any atom is -0.393 e. The minimum atomic E-state index is -0.136. The van der Waals surface area contributed by atoms with E-state index in [2.05, 4.69) is 47.8 Å². The molecule has 0 saturated heterocycles. The Morgan fingerprint density at radius 2 is 1.58 bits per heavy atom. The van der Waals surface area contributed by atoms with E-state index in [0.717, 1.165) is 41.9 Å². The molecular weight excluding hydrogens is 428 g/mol. The Kier molecular flexibility index (Phi) is 5.34. The number of amides is 1. The second-order valence-corrected chi connectivity index (χ2v) is 11.1. The van der Waals surface area contributed by atoms with Gasteiger partial charge in [0, 0.05) is 22.8 Å². The lowest BCUT2D eigenvalue weighted by Crippen LogP contribution is -2.61. The van der Waals surface area contributed by atoms with Crippen LogP contribution in [0.25, 0.3) is 10.6 Å². The van der Waals surface area contributed by atoms with Crippen molar-refractivity contribution in [3.8, 4) is 10.6 Å². The van der Waals surface area contributed by atoms with Gasteiger partial charge in [-0.25, -0.2) is 4.98 Å². The molecule has 7 rings (SSSR count). The Bertz CT molecular complexity index is 1100. The van der Waals surface area contributed by atoms with Gasteiger partial charge in [0.15, 0.2) is 0 Å². The molecule has 2 aromatic carbocycles. The lowest BCUT2D eigenvalue weighted by atomic mass is 9.42. The van der Waals surface area contributed by atoms with Gasteiger partial charge in [-0.1, -0.05) is 60.7 Å². The lowest BCUT2D eigenvalue weighted by molar-refractivity contribution is -0.147. The molecule has 33 heavy (non-hydrogen) atoms. The Balaban J connectivity index is 1.20. The summed E-state index contributed by atoms with van der Waals surface area (Å²) in [5.41, 5.74) is 3.21. The Morgan fingerprint density at radius 1 is 0.970 bits per heavy atom. The van der Waals surface area contributed by atoms with Crippen molar-refractivity contribution in [2.24, 2.45) is 23.7 Å². The third kappa shape index (κ3) is 3.62. The molecule has 4 aliphatic carbocycles. The van der Waals surface area contributed by atoms with Gasteiger partial charge < -0.3 is 10.4 Å². The molecule has 4 aliphatic rings. The maximum absolute atomic E-state index is 13.3. The van der Waals surface area contributed by atoms with Crippen molar-refractivity contribution in [1.29, 1.82) is 0 Å². The highest BCUT2D eigenvalue weighted by Gasteiger charge is 2.60. The molecule has 0 aliphatic heterocycles. The molecule has 4 fully saturated rings. The molecule has 170 valence electrons. The molecule has 0 radical (unpaired) electrons. The molecule has 4 nitrogen and oxygen atoms in total. The summed E-state index contributed by atoms with van der Waals surface area (Å²) in [6, 6.07) is 20.9. The third-order valence-electron chi connectivity index (χ3n) is 8.58. The van der Waals surface area contributed by atoms with Crippen LogP contribution in [0.4, 0.5) is 0 Å². The van der Waals surface area contributed by atoms with E-state index in [0.29, 0.717) is 36.6 Å². The summed E-state index contributed by atoms with van der Waals surface area (Å²) in [6.07, 6.45) is 4.57. The molecule has 5 heteroatoms. The summed E-state index contributed by atoms with van der Waals surface area (Å²) in [4.78, 5) is 18.1. The first kappa shape index (κ1) is 21.1. The number of carbonyl (C=O) groups excluding carboxylic acids is 1. The van der Waals surface area contributed by atoms with Crippen molar-refractivity contribution in [1.82, 2.24) is 10.3 Å². The van der Waals surface area contributed by atoms with Gasteiger partial charge in [-0.15, -0.1) is 11.3 Å². The number of nitrogens with zero attached hydrogens (tertiary/aromatic N) is 1. The average Bonchev–Trinajstić information content (AvgIpc) is 3.32. The highest BCUT2D eigenvalue weighted by Crippen LogP contribution is 2.64. The largest absolute Gasteiger partial charge is 0.393 e. The SMILES string of the molecule is O=C(CC1(c2ccccc2)C2CC3CC1CC(C2)C3O)NCc1csc(-c2ccccc2)n1. The van der Waals surface area contributed by atoms with Crippen molar-refractivity contribution in [2.45, 2.75) is 50.2 Å². The fraction of sp³-hybridized carbons (Fsp3) is 0.429. The van der Waals surface area contributed by atoms with Gasteiger partial charge in [0.1, 0.15) is 5.01 Å². The summed E-state index contributed by atoms with van der Waals surface area (Å²) in [5.74, 6) is 1.89. The standard InChI is InChI=1S/C28H30N2O2S/c31-25(29-16-24-17-33-27(30-24)18-7-3-1-4-8-18)15-28(21-9-5-2-6-10-21)22-11-19-12-23(28)14-20(13-22)26(19)32/h1-10,17,19-20,22-23,26,32H,11-16H2,(H,29,31). The van der Waals surface area contributed by atoms with Gasteiger partial charge in [-0.2, -0.15) is 0 Å². The Hall–Kier alpha value is -2.50. The number of hydrogen-bond acceptors (Lipinski definition) is 4. The summed E-state index contributed by atoms with van der Waals surface area (Å²) in [5, 5.41) is 16.9. The second-order valence-electron chi connectivity index (χ2n) is 10.2. The van der Waals surface area contributed by atoms with Crippen molar-refractivity contribution in [3.63, 3.8) is 0 Å². The van der Waals surface area contributed by atoms with E-state index in [1.54, 1.807) is 11.3 Å². The van der Waals surface area contributed by atoms with Gasteiger partial charge in [-0.05, 0) is 54.9 Å². The van der Waals surface area contributed by atoms with E-state index in [1.165, 1.54) is 5.56 Å². The number of aromatic nitrogens is 1. The van der Waals surface area contributed by atoms with Crippen molar-refractivity contribution < 1.29 is 9.90 Å². The van der Waals surface area contributed by atoms with E-state index >= 15 is 0 Å². The topological polar surface area (TPSA) is 62.2 Å². The summed E-state index contributed by atoms with van der Waals surface area (Å²) in [6.45, 7) is 0.465. The number of aliphatic hydroxyl groups is 1. The summed E-state index contributed by atoms with van der Waals surface area (Å²) in [7, 11) is 0. The molecule has 4 bridgehead atoms. The first-order chi connectivity index (χ1) is 16.1. The number of aliphatic hydroxyl groups excluding tert-OH is 1. The molecule has 0 unspecified atom stereocenters. The van der Waals surface area contributed by atoms with Gasteiger partial charge in [0.2, 0.25) is 5.91 Å². The van der Waals surface area contributed by atoms with E-state index < -0.39 is 0 Å². The molecule has 0 atom stereocenters. The Morgan fingerprint density at radius 3 is 2.21 bits per heavy atom. The molecule has 1 amide bonds. The van der Waals surface area contributed by atoms with Crippen LogP contribution in [0.1, 0.15) is 43.4 Å². The van der Waals surface area contributed by atoms with E-state index in [4.69, 9.17) is 4.98 Å². The molecule has 3 aromatic rings. The number of thiazole rings is 1. The lowest BCUT2D eigenvalue weighted by Gasteiger charge is -2.63. The van der Waals surface area contributed by atoms with E-state index in [-0.39, 0.29) is 17.4 Å². The van der Waals surface area contributed by atoms with Crippen LogP contribution in [0.2, 0.25) is 0 Å². The average molecular weight is 459 g/mol. The van der Waals surface area contributed by atoms with Crippen molar-refractivity contribution >= 4 is 17.2 Å². The number of carbonyl (C=O) groups is 1. The van der Waals surface area contributed by atoms with Crippen molar-refractivity contribution in [2.75, 3.05) is 0 Å². The van der Waals surface area contributed by atoms with Gasteiger partial charge in [-0.3, -0.25) is 4.79 Å². The fourth-order valence-corrected chi connectivity index (χ4v) is 8.02. The van der Waals surface area contributed by atoms with Crippen LogP contribution in [0.3, 0.4) is 0 Å². The van der Waals surface area contributed by atoms with Crippen LogP contribution in [-0.4, -0.2) is 22.1 Å². The zero-order valence-corrected chi connectivity index (χ0v) is 19.5. The third-order valence-corrected chi connectivity index (χ3v) is 9.52. The maximum atomic E-state index is 13.3. The van der Waals surface area contributed by atoms with Crippen LogP contribution in [0.5, 0.6) is 0 Å². The molecule has 1 aromatic heterocycles. The van der Waals surface area contributed by atoms with Gasteiger partial charge in [0.25, 0.3) is 0 Å². The van der Waals surface area contributed by atoms with Gasteiger partial charge in [0.05, 0.1) is 18.3 Å². The number of rotatable bonds is 6. The van der Waals surface area contributed by atoms with Gasteiger partial charge >= 0.3 is 0 Å². The smallest absolute Gasteiger partial charge is 0.221 e.